The number of sulfone groups is 1. The summed E-state index contributed by atoms with van der Waals surface area (Å²) < 4.78 is 28.5. The van der Waals surface area contributed by atoms with Gasteiger partial charge < -0.3 is 4.74 Å². The van der Waals surface area contributed by atoms with Gasteiger partial charge in [-0.15, -0.1) is 0 Å². The van der Waals surface area contributed by atoms with E-state index in [9.17, 15) is 13.2 Å². The molecule has 7 heteroatoms. The predicted molar refractivity (Wildman–Crippen MR) is 84.5 cm³/mol. The third-order valence-electron chi connectivity index (χ3n) is 2.96. The molecule has 1 amide bonds. The van der Waals surface area contributed by atoms with E-state index in [0.717, 1.165) is 11.8 Å². The fourth-order valence-corrected chi connectivity index (χ4v) is 2.71. The number of amides is 1. The van der Waals surface area contributed by atoms with Crippen molar-refractivity contribution in [2.45, 2.75) is 11.5 Å². The molecular formula is C16H14N2O4S. The topological polar surface area (TPSA) is 96.3 Å². The maximum atomic E-state index is 11.9. The van der Waals surface area contributed by atoms with E-state index < -0.39 is 15.9 Å². The maximum Gasteiger partial charge on any atom is 0.411 e. The van der Waals surface area contributed by atoms with Crippen molar-refractivity contribution in [3.05, 3.63) is 59.7 Å². The first-order chi connectivity index (χ1) is 10.9. The maximum absolute atomic E-state index is 11.9. The largest absolute Gasteiger partial charge is 0.444 e. The summed E-state index contributed by atoms with van der Waals surface area (Å²) in [5.74, 6) is 0. The quantitative estimate of drug-likeness (QED) is 0.929. The number of carbonyl (C=O) groups is 1. The normalized spacial score (nSPS) is 10.6. The van der Waals surface area contributed by atoms with E-state index in [1.54, 1.807) is 12.1 Å². The van der Waals surface area contributed by atoms with Gasteiger partial charge in [-0.25, -0.2) is 13.2 Å². The molecule has 2 rings (SSSR count). The van der Waals surface area contributed by atoms with Crippen molar-refractivity contribution in [1.82, 2.24) is 0 Å². The number of carbonyl (C=O) groups excluding carboxylic acids is 1. The highest BCUT2D eigenvalue weighted by Gasteiger charge is 2.16. The third-order valence-corrected chi connectivity index (χ3v) is 4.11. The lowest BCUT2D eigenvalue weighted by Gasteiger charge is -2.11. The average Bonchev–Trinajstić information content (AvgIpc) is 2.52. The number of anilines is 1. The van der Waals surface area contributed by atoms with Crippen LogP contribution in [0.3, 0.4) is 0 Å². The minimum Gasteiger partial charge on any atom is -0.444 e. The summed E-state index contributed by atoms with van der Waals surface area (Å²) in [6.07, 6.45) is 0.225. The van der Waals surface area contributed by atoms with Gasteiger partial charge in [0.1, 0.15) is 6.61 Å². The number of nitrogens with one attached hydrogen (secondary N) is 1. The zero-order valence-corrected chi connectivity index (χ0v) is 13.1. The molecule has 0 fully saturated rings. The standard InChI is InChI=1S/C16H14N2O4S/c1-23(20,21)15-8-7-13(10-17)9-14(15)18-16(19)22-11-12-5-3-2-4-6-12/h2-9H,11H2,1H3,(H,18,19). The molecule has 0 saturated carbocycles. The molecule has 6 nitrogen and oxygen atoms in total. The summed E-state index contributed by atoms with van der Waals surface area (Å²) in [7, 11) is -3.55. The Hall–Kier alpha value is -2.85. The van der Waals surface area contributed by atoms with E-state index in [1.165, 1.54) is 18.2 Å². The van der Waals surface area contributed by atoms with Crippen molar-refractivity contribution >= 4 is 21.6 Å². The molecule has 23 heavy (non-hydrogen) atoms. The van der Waals surface area contributed by atoms with Crippen LogP contribution in [0.2, 0.25) is 0 Å². The van der Waals surface area contributed by atoms with Crippen molar-refractivity contribution in [2.24, 2.45) is 0 Å². The molecule has 0 bridgehead atoms. The molecule has 0 aliphatic rings. The van der Waals surface area contributed by atoms with Gasteiger partial charge >= 0.3 is 6.09 Å². The van der Waals surface area contributed by atoms with Crippen LogP contribution < -0.4 is 5.32 Å². The first-order valence-corrected chi connectivity index (χ1v) is 8.51. The van der Waals surface area contributed by atoms with Crippen molar-refractivity contribution in [3.8, 4) is 6.07 Å². The number of benzene rings is 2. The second kappa shape index (κ2) is 6.94. The van der Waals surface area contributed by atoms with Crippen LogP contribution in [0.5, 0.6) is 0 Å². The van der Waals surface area contributed by atoms with Crippen molar-refractivity contribution < 1.29 is 17.9 Å². The number of nitrogens with zero attached hydrogens (tertiary/aromatic N) is 1. The Morgan fingerprint density at radius 1 is 1.22 bits per heavy atom. The molecule has 0 heterocycles. The van der Waals surface area contributed by atoms with Gasteiger partial charge in [0.15, 0.2) is 9.84 Å². The Labute approximate surface area is 134 Å². The van der Waals surface area contributed by atoms with Crippen LogP contribution in [0.25, 0.3) is 0 Å². The molecule has 0 spiro atoms. The minimum absolute atomic E-state index is 0.0182. The number of hydrogen-bond donors (Lipinski definition) is 1. The molecule has 0 saturated heterocycles. The molecule has 0 unspecified atom stereocenters. The average molecular weight is 330 g/mol. The summed E-state index contributed by atoms with van der Waals surface area (Å²) in [6, 6.07) is 14.9. The highest BCUT2D eigenvalue weighted by molar-refractivity contribution is 7.90. The molecule has 0 aliphatic carbocycles. The Kier molecular flexibility index (Phi) is 4.98. The number of hydrogen-bond acceptors (Lipinski definition) is 5. The summed E-state index contributed by atoms with van der Waals surface area (Å²) in [6.45, 7) is 0.0544. The molecule has 0 aromatic heterocycles. The van der Waals surface area contributed by atoms with E-state index in [-0.39, 0.29) is 22.8 Å². The zero-order valence-electron chi connectivity index (χ0n) is 12.3. The summed E-state index contributed by atoms with van der Waals surface area (Å²) in [4.78, 5) is 11.8. The third kappa shape index (κ3) is 4.56. The van der Waals surface area contributed by atoms with E-state index in [0.29, 0.717) is 0 Å². The first-order valence-electron chi connectivity index (χ1n) is 6.62. The second-order valence-corrected chi connectivity index (χ2v) is 6.77. The smallest absolute Gasteiger partial charge is 0.411 e. The molecule has 0 aliphatic heterocycles. The Balaban J connectivity index is 2.15. The van der Waals surface area contributed by atoms with Gasteiger partial charge in [0.25, 0.3) is 0 Å². The van der Waals surface area contributed by atoms with Crippen LogP contribution >= 0.6 is 0 Å². The minimum atomic E-state index is -3.55. The fraction of sp³-hybridized carbons (Fsp3) is 0.125. The van der Waals surface area contributed by atoms with E-state index in [4.69, 9.17) is 10.00 Å². The van der Waals surface area contributed by atoms with Gasteiger partial charge in [-0.05, 0) is 23.8 Å². The van der Waals surface area contributed by atoms with Crippen molar-refractivity contribution in [3.63, 3.8) is 0 Å². The van der Waals surface area contributed by atoms with E-state index in [1.807, 2.05) is 24.3 Å². The van der Waals surface area contributed by atoms with Gasteiger partial charge in [-0.1, -0.05) is 30.3 Å². The zero-order chi connectivity index (χ0) is 16.9. The van der Waals surface area contributed by atoms with E-state index in [2.05, 4.69) is 5.32 Å². The number of ether oxygens (including phenoxy) is 1. The van der Waals surface area contributed by atoms with Crippen molar-refractivity contribution in [2.75, 3.05) is 11.6 Å². The number of nitriles is 1. The summed E-state index contributed by atoms with van der Waals surface area (Å²) in [5, 5.41) is 11.3. The van der Waals surface area contributed by atoms with Gasteiger partial charge in [0.2, 0.25) is 0 Å². The molecular weight excluding hydrogens is 316 g/mol. The monoisotopic (exact) mass is 330 g/mol. The molecule has 0 atom stereocenters. The van der Waals surface area contributed by atoms with Crippen LogP contribution in [-0.2, 0) is 21.2 Å². The van der Waals surface area contributed by atoms with Gasteiger partial charge in [0.05, 0.1) is 22.2 Å². The van der Waals surface area contributed by atoms with Crippen molar-refractivity contribution in [1.29, 1.82) is 5.26 Å². The van der Waals surface area contributed by atoms with Crippen LogP contribution in [0.1, 0.15) is 11.1 Å². The SMILES string of the molecule is CS(=O)(=O)c1ccc(C#N)cc1NC(=O)OCc1ccccc1. The van der Waals surface area contributed by atoms with Crippen LogP contribution in [0, 0.1) is 11.3 Å². The summed E-state index contributed by atoms with van der Waals surface area (Å²) in [5.41, 5.74) is 1.05. The Bertz CT molecular complexity index is 855. The second-order valence-electron chi connectivity index (χ2n) is 4.78. The molecule has 2 aromatic rings. The summed E-state index contributed by atoms with van der Waals surface area (Å²) >= 11 is 0. The lowest BCUT2D eigenvalue weighted by molar-refractivity contribution is 0.155. The number of rotatable bonds is 4. The van der Waals surface area contributed by atoms with Gasteiger partial charge in [0, 0.05) is 6.26 Å². The predicted octanol–water partition coefficient (Wildman–Crippen LogP) is 2.71. The highest BCUT2D eigenvalue weighted by atomic mass is 32.2. The lowest BCUT2D eigenvalue weighted by atomic mass is 10.2. The van der Waals surface area contributed by atoms with Gasteiger partial charge in [-0.3, -0.25) is 5.32 Å². The molecule has 0 radical (unpaired) electrons. The first kappa shape index (κ1) is 16.5. The molecule has 1 N–H and O–H groups in total. The fourth-order valence-electron chi connectivity index (χ4n) is 1.89. The van der Waals surface area contributed by atoms with E-state index >= 15 is 0 Å². The lowest BCUT2D eigenvalue weighted by Crippen LogP contribution is -2.16. The Morgan fingerprint density at radius 3 is 2.52 bits per heavy atom. The Morgan fingerprint density at radius 2 is 1.91 bits per heavy atom. The van der Waals surface area contributed by atoms with Crippen LogP contribution in [-0.4, -0.2) is 20.8 Å². The van der Waals surface area contributed by atoms with Gasteiger partial charge in [-0.2, -0.15) is 5.26 Å². The molecule has 2 aromatic carbocycles. The van der Waals surface area contributed by atoms with Crippen LogP contribution in [0.15, 0.2) is 53.4 Å². The molecule has 118 valence electrons. The van der Waals surface area contributed by atoms with Crippen LogP contribution in [0.4, 0.5) is 10.5 Å². The highest BCUT2D eigenvalue weighted by Crippen LogP contribution is 2.23.